The molecular formula is C13H9NO4. The molecule has 1 aromatic carbocycles. The molecule has 3 rings (SSSR count). The summed E-state index contributed by atoms with van der Waals surface area (Å²) in [6, 6.07) is 10.6. The van der Waals surface area contributed by atoms with Crippen molar-refractivity contribution in [1.29, 1.82) is 0 Å². The van der Waals surface area contributed by atoms with Crippen molar-refractivity contribution in [2.75, 3.05) is 0 Å². The van der Waals surface area contributed by atoms with Crippen LogP contribution in [0.4, 0.5) is 0 Å². The van der Waals surface area contributed by atoms with Crippen molar-refractivity contribution in [3.63, 3.8) is 0 Å². The molecule has 1 aromatic heterocycles. The van der Waals surface area contributed by atoms with Gasteiger partial charge in [-0.05, 0) is 12.1 Å². The summed E-state index contributed by atoms with van der Waals surface area (Å²) < 4.78 is 4.91. The van der Waals surface area contributed by atoms with E-state index in [9.17, 15) is 14.4 Å². The molecule has 1 aliphatic heterocycles. The first-order valence-electron chi connectivity index (χ1n) is 5.17. The van der Waals surface area contributed by atoms with E-state index >= 15 is 0 Å². The largest absolute Gasteiger partial charge is 0.423 e. The van der Waals surface area contributed by atoms with Crippen LogP contribution in [0.2, 0.25) is 0 Å². The lowest BCUT2D eigenvalue weighted by Gasteiger charge is -1.91. The molecule has 5 nitrogen and oxygen atoms in total. The lowest BCUT2D eigenvalue weighted by atomic mass is 10.2. The van der Waals surface area contributed by atoms with Crippen molar-refractivity contribution < 1.29 is 14.0 Å². The van der Waals surface area contributed by atoms with Crippen molar-refractivity contribution >= 4 is 22.8 Å². The molecule has 2 amide bonds. The molecule has 1 N–H and O–H groups in total. The van der Waals surface area contributed by atoms with Gasteiger partial charge in [-0.1, -0.05) is 18.2 Å². The van der Waals surface area contributed by atoms with Gasteiger partial charge in [0, 0.05) is 23.6 Å². The Morgan fingerprint density at radius 3 is 2.11 bits per heavy atom. The smallest absolute Gasteiger partial charge is 0.336 e. The minimum Gasteiger partial charge on any atom is -0.423 e. The zero-order chi connectivity index (χ0) is 13.0. The second-order valence-corrected chi connectivity index (χ2v) is 3.48. The molecule has 0 saturated carbocycles. The van der Waals surface area contributed by atoms with Gasteiger partial charge in [-0.25, -0.2) is 4.79 Å². The van der Waals surface area contributed by atoms with Crippen LogP contribution in [0.1, 0.15) is 0 Å². The van der Waals surface area contributed by atoms with Gasteiger partial charge in [0.05, 0.1) is 0 Å². The maximum atomic E-state index is 10.7. The predicted molar refractivity (Wildman–Crippen MR) is 64.8 cm³/mol. The zero-order valence-electron chi connectivity index (χ0n) is 9.25. The molecule has 0 atom stereocenters. The Bertz CT molecular complexity index is 668. The van der Waals surface area contributed by atoms with Crippen LogP contribution in [0.3, 0.4) is 0 Å². The molecule has 18 heavy (non-hydrogen) atoms. The Labute approximate surface area is 102 Å². The van der Waals surface area contributed by atoms with Crippen LogP contribution >= 0.6 is 0 Å². The molecule has 2 heterocycles. The fourth-order valence-corrected chi connectivity index (χ4v) is 1.37. The average molecular weight is 243 g/mol. The first-order valence-corrected chi connectivity index (χ1v) is 5.17. The predicted octanol–water partition coefficient (Wildman–Crippen LogP) is 0.992. The van der Waals surface area contributed by atoms with E-state index in [1.165, 1.54) is 18.2 Å². The van der Waals surface area contributed by atoms with E-state index in [1.54, 1.807) is 12.1 Å². The van der Waals surface area contributed by atoms with Crippen molar-refractivity contribution in [2.24, 2.45) is 0 Å². The molecule has 0 saturated heterocycles. The number of nitrogens with one attached hydrogen (secondary N) is 1. The molecule has 0 radical (unpaired) electrons. The lowest BCUT2D eigenvalue weighted by molar-refractivity contribution is -0.123. The highest BCUT2D eigenvalue weighted by molar-refractivity contribution is 6.12. The monoisotopic (exact) mass is 243 g/mol. The van der Waals surface area contributed by atoms with Crippen LogP contribution in [0, 0.1) is 0 Å². The van der Waals surface area contributed by atoms with E-state index in [4.69, 9.17) is 4.42 Å². The summed E-state index contributed by atoms with van der Waals surface area (Å²) in [5.41, 5.74) is 0.337. The third kappa shape index (κ3) is 2.91. The third-order valence-electron chi connectivity index (χ3n) is 2.16. The minimum atomic E-state index is -0.329. The van der Waals surface area contributed by atoms with E-state index in [0.717, 1.165) is 5.39 Å². The van der Waals surface area contributed by atoms with Gasteiger partial charge in [-0.2, -0.15) is 0 Å². The van der Waals surface area contributed by atoms with Gasteiger partial charge in [0.25, 0.3) is 11.8 Å². The molecule has 1 aliphatic rings. The van der Waals surface area contributed by atoms with Gasteiger partial charge < -0.3 is 4.42 Å². The van der Waals surface area contributed by atoms with Crippen LogP contribution in [-0.4, -0.2) is 11.8 Å². The summed E-state index contributed by atoms with van der Waals surface area (Å²) >= 11 is 0. The number of hydrogen-bond acceptors (Lipinski definition) is 4. The Kier molecular flexibility index (Phi) is 3.33. The van der Waals surface area contributed by atoms with Crippen LogP contribution in [0.25, 0.3) is 11.0 Å². The third-order valence-corrected chi connectivity index (χ3v) is 2.16. The highest BCUT2D eigenvalue weighted by Gasteiger charge is 2.06. The summed E-state index contributed by atoms with van der Waals surface area (Å²) in [6.07, 6.45) is 2.39. The van der Waals surface area contributed by atoms with Gasteiger partial charge in [0.2, 0.25) is 0 Å². The molecule has 2 aromatic rings. The van der Waals surface area contributed by atoms with Gasteiger partial charge in [-0.3, -0.25) is 14.9 Å². The van der Waals surface area contributed by atoms with Crippen LogP contribution in [0.5, 0.6) is 0 Å². The summed E-state index contributed by atoms with van der Waals surface area (Å²) in [4.78, 5) is 30.8. The van der Waals surface area contributed by atoms with E-state index < -0.39 is 0 Å². The summed E-state index contributed by atoms with van der Waals surface area (Å²) in [5, 5.41) is 2.98. The first-order chi connectivity index (χ1) is 8.65. The topological polar surface area (TPSA) is 76.4 Å². The van der Waals surface area contributed by atoms with E-state index in [1.807, 2.05) is 23.5 Å². The quantitative estimate of drug-likeness (QED) is 0.553. The maximum Gasteiger partial charge on any atom is 0.336 e. The fraction of sp³-hybridized carbons (Fsp3) is 0. The molecule has 0 spiro atoms. The molecule has 0 bridgehead atoms. The molecule has 90 valence electrons. The lowest BCUT2D eigenvalue weighted by Crippen LogP contribution is -2.19. The van der Waals surface area contributed by atoms with Crippen LogP contribution < -0.4 is 10.9 Å². The number of imide groups is 1. The van der Waals surface area contributed by atoms with Crippen LogP contribution in [-0.2, 0) is 9.59 Å². The number of amides is 2. The number of para-hydroxylation sites is 1. The Morgan fingerprint density at radius 1 is 0.833 bits per heavy atom. The highest BCUT2D eigenvalue weighted by Crippen LogP contribution is 2.08. The van der Waals surface area contributed by atoms with Crippen molar-refractivity contribution in [2.45, 2.75) is 0 Å². The van der Waals surface area contributed by atoms with Crippen molar-refractivity contribution in [3.05, 3.63) is 59.0 Å². The molecular weight excluding hydrogens is 234 g/mol. The van der Waals surface area contributed by atoms with E-state index in [0.29, 0.717) is 5.58 Å². The standard InChI is InChI=1S/C9H6O2.C4H3NO2/c10-9-6-5-7-3-1-2-4-8(7)11-9;6-3-1-2-4(7)5-3/h1-6H;1-2H,(H,5,6,7). The first kappa shape index (κ1) is 11.8. The summed E-state index contributed by atoms with van der Waals surface area (Å²) in [5.74, 6) is -0.657. The fourth-order valence-electron chi connectivity index (χ4n) is 1.37. The van der Waals surface area contributed by atoms with E-state index in [2.05, 4.69) is 0 Å². The second kappa shape index (κ2) is 5.09. The number of fused-ring (bicyclic) bond motifs is 1. The Hall–Kier alpha value is -2.69. The van der Waals surface area contributed by atoms with Crippen molar-refractivity contribution in [1.82, 2.24) is 5.32 Å². The van der Waals surface area contributed by atoms with Gasteiger partial charge in [-0.15, -0.1) is 0 Å². The number of hydrogen-bond donors (Lipinski definition) is 1. The molecule has 0 aliphatic carbocycles. The number of carbonyl (C=O) groups is 2. The number of carbonyl (C=O) groups excluding carboxylic acids is 2. The van der Waals surface area contributed by atoms with Gasteiger partial charge in [0.1, 0.15) is 5.58 Å². The van der Waals surface area contributed by atoms with Crippen molar-refractivity contribution in [3.8, 4) is 0 Å². The van der Waals surface area contributed by atoms with Gasteiger partial charge in [0.15, 0.2) is 0 Å². The summed E-state index contributed by atoms with van der Waals surface area (Å²) in [7, 11) is 0. The van der Waals surface area contributed by atoms with Gasteiger partial charge >= 0.3 is 5.63 Å². The SMILES string of the molecule is O=C1C=CC(=O)N1.O=c1ccc2ccccc2o1. The Balaban J connectivity index is 0.000000149. The van der Waals surface area contributed by atoms with Crippen LogP contribution in [0.15, 0.2) is 57.8 Å². The second-order valence-electron chi connectivity index (χ2n) is 3.48. The number of benzene rings is 1. The summed E-state index contributed by atoms with van der Waals surface area (Å²) in [6.45, 7) is 0. The zero-order valence-corrected chi connectivity index (χ0v) is 9.25. The normalized spacial score (nSPS) is 13.1. The maximum absolute atomic E-state index is 10.7. The average Bonchev–Trinajstić information content (AvgIpc) is 2.74. The Morgan fingerprint density at radius 2 is 1.50 bits per heavy atom. The molecule has 5 heteroatoms. The molecule has 0 unspecified atom stereocenters. The van der Waals surface area contributed by atoms with E-state index in [-0.39, 0.29) is 17.4 Å². The molecule has 0 fully saturated rings. The highest BCUT2D eigenvalue weighted by atomic mass is 16.4. The minimum absolute atomic E-state index is 0.302. The number of rotatable bonds is 0.